The Balaban J connectivity index is 1.82. The summed E-state index contributed by atoms with van der Waals surface area (Å²) in [6, 6.07) is 0.0983. The van der Waals surface area contributed by atoms with Crippen LogP contribution in [0.25, 0.3) is 0 Å². The summed E-state index contributed by atoms with van der Waals surface area (Å²) in [5.41, 5.74) is 7.76. The fourth-order valence-corrected chi connectivity index (χ4v) is 4.54. The lowest BCUT2D eigenvalue weighted by Crippen LogP contribution is -2.48. The summed E-state index contributed by atoms with van der Waals surface area (Å²) in [5.74, 6) is 0.0620. The van der Waals surface area contributed by atoms with Gasteiger partial charge in [-0.05, 0) is 33.1 Å². The molecule has 3 aliphatic rings. The van der Waals surface area contributed by atoms with Crippen molar-refractivity contribution in [2.75, 3.05) is 25.4 Å². The number of allylic oxidation sites excluding steroid dienone is 1. The smallest absolute Gasteiger partial charge is 0.266 e. The Morgan fingerprint density at radius 1 is 1.36 bits per heavy atom. The van der Waals surface area contributed by atoms with Crippen molar-refractivity contribution in [1.29, 1.82) is 0 Å². The normalized spacial score (nSPS) is 22.9. The van der Waals surface area contributed by atoms with Crippen molar-refractivity contribution in [3.63, 3.8) is 0 Å². The maximum Gasteiger partial charge on any atom is 0.266 e. The fourth-order valence-electron chi connectivity index (χ4n) is 3.65. The zero-order valence-corrected chi connectivity index (χ0v) is 15.9. The van der Waals surface area contributed by atoms with E-state index in [4.69, 9.17) is 5.73 Å². The summed E-state index contributed by atoms with van der Waals surface area (Å²) in [6.45, 7) is 7.78. The quantitative estimate of drug-likeness (QED) is 0.834. The van der Waals surface area contributed by atoms with Gasteiger partial charge in [0.05, 0.1) is 11.6 Å². The molecule has 4 heterocycles. The highest BCUT2D eigenvalue weighted by atomic mass is 32.1. The predicted molar refractivity (Wildman–Crippen MR) is 99.5 cm³/mol. The largest absolute Gasteiger partial charge is 0.375 e. The number of amides is 2. The van der Waals surface area contributed by atoms with Crippen LogP contribution in [0.3, 0.4) is 0 Å². The summed E-state index contributed by atoms with van der Waals surface area (Å²) >= 11 is 1.25. The topological polar surface area (TPSA) is 79.5 Å². The Morgan fingerprint density at radius 3 is 2.80 bits per heavy atom. The molecule has 2 bridgehead atoms. The SMILES string of the molecule is CCc1nc(N)sc1C(=O)N1C[C@H]2CC[C@@H](C1)N(CC=C(C)C)C2=O. The van der Waals surface area contributed by atoms with Gasteiger partial charge in [-0.3, -0.25) is 9.59 Å². The predicted octanol–water partition coefficient (Wildman–Crippen LogP) is 2.32. The van der Waals surface area contributed by atoms with Gasteiger partial charge in [0.2, 0.25) is 5.91 Å². The van der Waals surface area contributed by atoms with Gasteiger partial charge in [0.15, 0.2) is 5.13 Å². The third kappa shape index (κ3) is 3.56. The molecule has 25 heavy (non-hydrogen) atoms. The highest BCUT2D eigenvalue weighted by Gasteiger charge is 2.42. The lowest BCUT2D eigenvalue weighted by Gasteiger charge is -2.35. The average Bonchev–Trinajstić information content (AvgIpc) is 2.75. The van der Waals surface area contributed by atoms with Crippen LogP contribution < -0.4 is 5.73 Å². The van der Waals surface area contributed by atoms with Crippen molar-refractivity contribution >= 4 is 28.3 Å². The number of anilines is 1. The summed E-state index contributed by atoms with van der Waals surface area (Å²) < 4.78 is 0. The first-order chi connectivity index (χ1) is 11.9. The number of nitrogens with two attached hydrogens (primary N) is 1. The highest BCUT2D eigenvalue weighted by molar-refractivity contribution is 7.17. The van der Waals surface area contributed by atoms with Crippen molar-refractivity contribution in [3.05, 3.63) is 22.2 Å². The monoisotopic (exact) mass is 362 g/mol. The van der Waals surface area contributed by atoms with E-state index in [0.29, 0.717) is 36.1 Å². The molecule has 1 aromatic heterocycles. The van der Waals surface area contributed by atoms with Crippen molar-refractivity contribution in [2.45, 2.75) is 46.1 Å². The second-order valence-electron chi connectivity index (χ2n) is 7.09. The first-order valence-electron chi connectivity index (χ1n) is 8.89. The lowest BCUT2D eigenvalue weighted by molar-refractivity contribution is -0.139. The average molecular weight is 362 g/mol. The first kappa shape index (κ1) is 17.9. The Bertz CT molecular complexity index is 708. The highest BCUT2D eigenvalue weighted by Crippen LogP contribution is 2.31. The Kier molecular flexibility index (Phi) is 5.13. The molecule has 1 aromatic rings. The van der Waals surface area contributed by atoms with Crippen molar-refractivity contribution < 1.29 is 9.59 Å². The van der Waals surface area contributed by atoms with Crippen molar-refractivity contribution in [1.82, 2.24) is 14.8 Å². The number of hydrogen-bond donors (Lipinski definition) is 1. The standard InChI is InChI=1S/C18H26N4O2S/c1-4-14-15(25-18(19)20-14)17(24)21-9-12-5-6-13(10-21)22(16(12)23)8-7-11(2)3/h7,12-13H,4-6,8-10H2,1-3H3,(H2,19,20)/t12-,13+/m1/s1. The molecule has 3 aliphatic heterocycles. The number of carbonyl (C=O) groups is 2. The number of nitrogens with zero attached hydrogens (tertiary/aromatic N) is 3. The molecule has 0 aliphatic carbocycles. The van der Waals surface area contributed by atoms with E-state index in [9.17, 15) is 9.59 Å². The summed E-state index contributed by atoms with van der Waals surface area (Å²) in [5, 5.41) is 0.430. The minimum atomic E-state index is -0.0939. The molecule has 2 amide bonds. The van der Waals surface area contributed by atoms with Gasteiger partial charge in [-0.15, -0.1) is 0 Å². The van der Waals surface area contributed by atoms with Gasteiger partial charge < -0.3 is 15.5 Å². The first-order valence-corrected chi connectivity index (χ1v) is 9.70. The van der Waals surface area contributed by atoms with E-state index in [0.717, 1.165) is 18.5 Å². The Hall–Kier alpha value is -1.89. The summed E-state index contributed by atoms with van der Waals surface area (Å²) in [7, 11) is 0. The molecule has 2 atom stereocenters. The van der Waals surface area contributed by atoms with E-state index in [2.05, 4.69) is 11.1 Å². The van der Waals surface area contributed by atoms with Crippen molar-refractivity contribution in [3.8, 4) is 0 Å². The van der Waals surface area contributed by atoms with Gasteiger partial charge in [-0.25, -0.2) is 4.98 Å². The number of piperidine rings is 1. The lowest BCUT2D eigenvalue weighted by atomic mass is 9.94. The molecule has 0 saturated carbocycles. The van der Waals surface area contributed by atoms with Crippen LogP contribution in [0.4, 0.5) is 5.13 Å². The molecule has 3 fully saturated rings. The minimum absolute atomic E-state index is 0.0279. The molecule has 0 unspecified atom stereocenters. The maximum absolute atomic E-state index is 13.0. The molecular formula is C18H26N4O2S. The zero-order valence-electron chi connectivity index (χ0n) is 15.1. The van der Waals surface area contributed by atoms with Gasteiger partial charge in [-0.1, -0.05) is 29.9 Å². The molecule has 0 aromatic carbocycles. The number of nitrogen functional groups attached to an aromatic ring is 1. The number of hydrogen-bond acceptors (Lipinski definition) is 5. The van der Waals surface area contributed by atoms with Gasteiger partial charge in [0.25, 0.3) is 5.91 Å². The van der Waals surface area contributed by atoms with Crippen molar-refractivity contribution in [2.24, 2.45) is 5.92 Å². The van der Waals surface area contributed by atoms with E-state index in [1.807, 2.05) is 30.6 Å². The molecule has 136 valence electrons. The van der Waals surface area contributed by atoms with Gasteiger partial charge in [-0.2, -0.15) is 0 Å². The van der Waals surface area contributed by atoms with E-state index < -0.39 is 0 Å². The van der Waals surface area contributed by atoms with E-state index >= 15 is 0 Å². The second-order valence-corrected chi connectivity index (χ2v) is 8.12. The third-order valence-electron chi connectivity index (χ3n) is 5.02. The summed E-state index contributed by atoms with van der Waals surface area (Å²) in [6.07, 6.45) is 4.59. The number of carbonyl (C=O) groups excluding carboxylic acids is 2. The van der Waals surface area contributed by atoms with E-state index in [-0.39, 0.29) is 23.8 Å². The number of aryl methyl sites for hydroxylation is 1. The number of thiazole rings is 1. The molecule has 0 spiro atoms. The van der Waals surface area contributed by atoms with Crippen LogP contribution in [-0.2, 0) is 11.2 Å². The molecule has 6 nitrogen and oxygen atoms in total. The van der Waals surface area contributed by atoms with Crippen LogP contribution in [0.15, 0.2) is 11.6 Å². The second kappa shape index (κ2) is 7.15. The Morgan fingerprint density at radius 2 is 2.12 bits per heavy atom. The summed E-state index contributed by atoms with van der Waals surface area (Å²) in [4.78, 5) is 34.5. The third-order valence-corrected chi connectivity index (χ3v) is 5.93. The van der Waals surface area contributed by atoms with Crippen LogP contribution >= 0.6 is 11.3 Å². The zero-order chi connectivity index (χ0) is 18.1. The van der Waals surface area contributed by atoms with Gasteiger partial charge in [0.1, 0.15) is 4.88 Å². The minimum Gasteiger partial charge on any atom is -0.375 e. The van der Waals surface area contributed by atoms with Crippen LogP contribution in [0.2, 0.25) is 0 Å². The fraction of sp³-hybridized carbons (Fsp3) is 0.611. The molecule has 4 rings (SSSR count). The molecular weight excluding hydrogens is 336 g/mol. The molecule has 0 radical (unpaired) electrons. The molecule has 7 heteroatoms. The van der Waals surface area contributed by atoms with Gasteiger partial charge >= 0.3 is 0 Å². The maximum atomic E-state index is 13.0. The van der Waals surface area contributed by atoms with Crippen LogP contribution in [-0.4, -0.2) is 52.3 Å². The molecule has 3 saturated heterocycles. The number of fused-ring (bicyclic) bond motifs is 4. The van der Waals surface area contributed by atoms with E-state index in [1.54, 1.807) is 0 Å². The number of aromatic nitrogens is 1. The van der Waals surface area contributed by atoms with Crippen LogP contribution in [0, 0.1) is 5.92 Å². The van der Waals surface area contributed by atoms with Gasteiger partial charge in [0, 0.05) is 25.7 Å². The van der Waals surface area contributed by atoms with E-state index in [1.165, 1.54) is 16.9 Å². The molecule has 2 N–H and O–H groups in total. The van der Waals surface area contributed by atoms with Crippen LogP contribution in [0.1, 0.15) is 49.0 Å². The number of rotatable bonds is 4. The van der Waals surface area contributed by atoms with Crippen LogP contribution in [0.5, 0.6) is 0 Å². The Labute approximate surface area is 152 Å².